The summed E-state index contributed by atoms with van der Waals surface area (Å²) in [5.41, 5.74) is 8.79. The number of aryl methyl sites for hydroxylation is 2. The van der Waals surface area contributed by atoms with Gasteiger partial charge in [-0.1, -0.05) is 0 Å². The molecule has 0 unspecified atom stereocenters. The van der Waals surface area contributed by atoms with Crippen LogP contribution >= 0.6 is 0 Å². The summed E-state index contributed by atoms with van der Waals surface area (Å²) >= 11 is 0. The quantitative estimate of drug-likeness (QED) is 0.377. The Bertz CT molecular complexity index is 1870. The number of imidazole rings is 2. The zero-order valence-corrected chi connectivity index (χ0v) is 20.2. The number of alkyl halides is 3. The van der Waals surface area contributed by atoms with E-state index in [1.54, 1.807) is 42.3 Å². The van der Waals surface area contributed by atoms with Gasteiger partial charge in [-0.15, -0.1) is 0 Å². The van der Waals surface area contributed by atoms with Crippen LogP contribution in [0.2, 0.25) is 0 Å². The number of hydrogen-bond donors (Lipinski definition) is 1. The van der Waals surface area contributed by atoms with Gasteiger partial charge in [-0.2, -0.15) is 18.3 Å². The average molecular weight is 519 g/mol. The first-order chi connectivity index (χ1) is 18.1. The molecule has 0 spiro atoms. The fraction of sp³-hybridized carbons (Fsp3) is 0.160. The van der Waals surface area contributed by atoms with E-state index < -0.39 is 11.7 Å². The SMILES string of the molecule is Cc1ncc2c(N)nc3ccc(C(=O)N(Cc4cn5cc(C(F)(F)F)ccc5n4)c4cnn(C)c4)cc3n12. The number of carbonyl (C=O) groups is 1. The van der Waals surface area contributed by atoms with Crippen LogP contribution in [-0.2, 0) is 19.8 Å². The molecule has 6 rings (SSSR count). The van der Waals surface area contributed by atoms with Gasteiger partial charge in [0.15, 0.2) is 0 Å². The Morgan fingerprint density at radius 1 is 1.05 bits per heavy atom. The monoisotopic (exact) mass is 519 g/mol. The van der Waals surface area contributed by atoms with Crippen LogP contribution in [0.5, 0.6) is 0 Å². The topological polar surface area (TPSA) is 112 Å². The molecule has 0 atom stereocenters. The number of pyridine rings is 1. The molecule has 2 N–H and O–H groups in total. The van der Waals surface area contributed by atoms with Crippen LogP contribution in [-0.4, -0.2) is 39.4 Å². The Kier molecular flexibility index (Phi) is 5.12. The van der Waals surface area contributed by atoms with E-state index in [0.717, 1.165) is 12.3 Å². The second kappa shape index (κ2) is 8.30. The summed E-state index contributed by atoms with van der Waals surface area (Å²) in [4.78, 5) is 28.5. The Labute approximate surface area is 212 Å². The van der Waals surface area contributed by atoms with Crippen LogP contribution in [0.3, 0.4) is 0 Å². The maximum Gasteiger partial charge on any atom is 0.417 e. The molecule has 0 radical (unpaired) electrons. The highest BCUT2D eigenvalue weighted by molar-refractivity contribution is 6.07. The third kappa shape index (κ3) is 3.88. The van der Waals surface area contributed by atoms with Crippen molar-refractivity contribution in [1.29, 1.82) is 0 Å². The van der Waals surface area contributed by atoms with Crippen LogP contribution in [0.15, 0.2) is 61.3 Å². The first kappa shape index (κ1) is 23.5. The molecule has 1 amide bonds. The highest BCUT2D eigenvalue weighted by Gasteiger charge is 2.31. The standard InChI is InChI=1S/C25H20F3N9O/c1-14-30-9-21-23(29)33-19-5-3-15(7-20(19)37(14)21)24(38)36(18-8-31-34(2)13-18)12-17-11-35-10-16(25(26,27)28)4-6-22(35)32-17/h3-11,13H,12H2,1-2H3,(H2,29,33). The van der Waals surface area contributed by atoms with Crippen molar-refractivity contribution in [3.8, 4) is 0 Å². The van der Waals surface area contributed by atoms with E-state index in [4.69, 9.17) is 5.73 Å². The van der Waals surface area contributed by atoms with E-state index in [-0.39, 0.29) is 12.5 Å². The summed E-state index contributed by atoms with van der Waals surface area (Å²) in [6, 6.07) is 7.35. The van der Waals surface area contributed by atoms with Gasteiger partial charge in [-0.05, 0) is 37.3 Å². The number of aromatic nitrogens is 7. The number of anilines is 2. The zero-order chi connectivity index (χ0) is 26.8. The second-order valence-electron chi connectivity index (χ2n) is 8.90. The van der Waals surface area contributed by atoms with Crippen molar-refractivity contribution in [2.24, 2.45) is 7.05 Å². The normalized spacial score (nSPS) is 12.1. The van der Waals surface area contributed by atoms with Crippen LogP contribution in [0.25, 0.3) is 22.2 Å². The molecule has 0 aliphatic carbocycles. The molecular formula is C25H20F3N9O. The Morgan fingerprint density at radius 2 is 1.87 bits per heavy atom. The van der Waals surface area contributed by atoms with E-state index in [9.17, 15) is 18.0 Å². The number of hydrogen-bond acceptors (Lipinski definition) is 6. The van der Waals surface area contributed by atoms with Gasteiger partial charge in [-0.25, -0.2) is 15.0 Å². The van der Waals surface area contributed by atoms with E-state index >= 15 is 0 Å². The van der Waals surface area contributed by atoms with Crippen molar-refractivity contribution in [3.63, 3.8) is 0 Å². The minimum Gasteiger partial charge on any atom is -0.382 e. The number of rotatable bonds is 4. The number of carbonyl (C=O) groups excluding carboxylic acids is 1. The summed E-state index contributed by atoms with van der Waals surface area (Å²) in [5, 5.41) is 4.18. The van der Waals surface area contributed by atoms with Crippen molar-refractivity contribution in [1.82, 2.24) is 33.5 Å². The van der Waals surface area contributed by atoms with Crippen LogP contribution in [0, 0.1) is 6.92 Å². The molecule has 192 valence electrons. The number of halogens is 3. The van der Waals surface area contributed by atoms with Gasteiger partial charge in [0.1, 0.15) is 22.8 Å². The molecule has 0 bridgehead atoms. The smallest absolute Gasteiger partial charge is 0.382 e. The lowest BCUT2D eigenvalue weighted by molar-refractivity contribution is -0.137. The lowest BCUT2D eigenvalue weighted by atomic mass is 10.1. The number of fused-ring (bicyclic) bond motifs is 4. The van der Waals surface area contributed by atoms with Gasteiger partial charge in [0.2, 0.25) is 0 Å². The minimum atomic E-state index is -4.48. The Morgan fingerprint density at radius 3 is 2.61 bits per heavy atom. The predicted octanol–water partition coefficient (Wildman–Crippen LogP) is 4.02. The molecule has 6 aromatic rings. The molecule has 10 nitrogen and oxygen atoms in total. The Hall–Kier alpha value is -4.94. The first-order valence-electron chi connectivity index (χ1n) is 11.5. The Balaban J connectivity index is 1.42. The van der Waals surface area contributed by atoms with E-state index in [1.165, 1.54) is 27.8 Å². The third-order valence-electron chi connectivity index (χ3n) is 6.30. The molecule has 5 aromatic heterocycles. The molecule has 1 aromatic carbocycles. The van der Waals surface area contributed by atoms with E-state index in [2.05, 4.69) is 20.1 Å². The second-order valence-corrected chi connectivity index (χ2v) is 8.90. The summed E-state index contributed by atoms with van der Waals surface area (Å²) in [6.07, 6.45) is 2.82. The largest absolute Gasteiger partial charge is 0.417 e. The van der Waals surface area contributed by atoms with Crippen molar-refractivity contribution in [2.75, 3.05) is 10.6 Å². The maximum absolute atomic E-state index is 13.9. The van der Waals surface area contributed by atoms with Gasteiger partial charge in [0, 0.05) is 31.2 Å². The lowest BCUT2D eigenvalue weighted by Crippen LogP contribution is -2.30. The third-order valence-corrected chi connectivity index (χ3v) is 6.30. The number of nitrogens with zero attached hydrogens (tertiary/aromatic N) is 8. The summed E-state index contributed by atoms with van der Waals surface area (Å²) in [6.45, 7) is 1.83. The fourth-order valence-electron chi connectivity index (χ4n) is 4.48. The highest BCUT2D eigenvalue weighted by Crippen LogP contribution is 2.30. The molecule has 0 aliphatic heterocycles. The summed E-state index contributed by atoms with van der Waals surface area (Å²) in [5.74, 6) is 0.668. The van der Waals surface area contributed by atoms with Crippen molar-refractivity contribution in [2.45, 2.75) is 19.6 Å². The lowest BCUT2D eigenvalue weighted by Gasteiger charge is -2.20. The molecule has 13 heteroatoms. The first-order valence-corrected chi connectivity index (χ1v) is 11.5. The van der Waals surface area contributed by atoms with Crippen LogP contribution in [0.1, 0.15) is 27.4 Å². The van der Waals surface area contributed by atoms with Crippen molar-refractivity contribution >= 4 is 39.6 Å². The number of nitrogen functional groups attached to an aromatic ring is 1. The van der Waals surface area contributed by atoms with E-state index in [1.807, 2.05) is 11.3 Å². The van der Waals surface area contributed by atoms with Crippen molar-refractivity contribution in [3.05, 3.63) is 84.0 Å². The minimum absolute atomic E-state index is 0.00506. The zero-order valence-electron chi connectivity index (χ0n) is 20.2. The van der Waals surface area contributed by atoms with Crippen molar-refractivity contribution < 1.29 is 18.0 Å². The molecule has 5 heterocycles. The van der Waals surface area contributed by atoms with Gasteiger partial charge < -0.3 is 10.1 Å². The summed E-state index contributed by atoms with van der Waals surface area (Å²) in [7, 11) is 1.72. The molecule has 0 saturated heterocycles. The van der Waals surface area contributed by atoms with E-state index in [0.29, 0.717) is 50.8 Å². The van der Waals surface area contributed by atoms with Gasteiger partial charge >= 0.3 is 6.18 Å². The number of amides is 1. The molecule has 38 heavy (non-hydrogen) atoms. The predicted molar refractivity (Wildman–Crippen MR) is 134 cm³/mol. The van der Waals surface area contributed by atoms with Gasteiger partial charge in [-0.3, -0.25) is 18.8 Å². The molecule has 0 aliphatic rings. The number of benzene rings is 1. The molecule has 0 fully saturated rings. The van der Waals surface area contributed by atoms with Crippen LogP contribution in [0.4, 0.5) is 24.7 Å². The highest BCUT2D eigenvalue weighted by atomic mass is 19.4. The maximum atomic E-state index is 13.9. The summed E-state index contributed by atoms with van der Waals surface area (Å²) < 4.78 is 44.2. The number of nitrogens with two attached hydrogens (primary N) is 1. The fourth-order valence-corrected chi connectivity index (χ4v) is 4.48. The average Bonchev–Trinajstić information content (AvgIpc) is 3.59. The van der Waals surface area contributed by atoms with Crippen LogP contribution < -0.4 is 10.6 Å². The molecular weight excluding hydrogens is 499 g/mol. The molecule has 0 saturated carbocycles. The van der Waals surface area contributed by atoms with Gasteiger partial charge in [0.05, 0.1) is 46.9 Å². The van der Waals surface area contributed by atoms with Gasteiger partial charge in [0.25, 0.3) is 5.91 Å².